The van der Waals surface area contributed by atoms with Crippen LogP contribution >= 0.6 is 0 Å². The lowest BCUT2D eigenvalue weighted by atomic mass is 10.1. The Labute approximate surface area is 151 Å². The largest absolute Gasteiger partial charge is 0.454 e. The van der Waals surface area contributed by atoms with Gasteiger partial charge in [-0.3, -0.25) is 4.79 Å². The Morgan fingerprint density at radius 3 is 2.44 bits per heavy atom. The van der Waals surface area contributed by atoms with Crippen LogP contribution in [0.5, 0.6) is 11.5 Å². The second kappa shape index (κ2) is 11.6. The average molecular weight is 345 g/mol. The molecular weight excluding hydrogens is 314 g/mol. The van der Waals surface area contributed by atoms with Gasteiger partial charge in [0.2, 0.25) is 12.7 Å². The van der Waals surface area contributed by atoms with Gasteiger partial charge in [-0.25, -0.2) is 0 Å². The van der Waals surface area contributed by atoms with E-state index < -0.39 is 0 Å². The van der Waals surface area contributed by atoms with Crippen LogP contribution in [-0.4, -0.2) is 19.2 Å². The zero-order chi connectivity index (χ0) is 17.7. The number of benzene rings is 1. The minimum atomic E-state index is -0.0442. The zero-order valence-electron chi connectivity index (χ0n) is 15.4. The number of carbonyl (C=O) groups is 1. The average Bonchev–Trinajstić information content (AvgIpc) is 3.09. The van der Waals surface area contributed by atoms with Crippen LogP contribution in [-0.2, 0) is 4.79 Å². The summed E-state index contributed by atoms with van der Waals surface area (Å²) in [6.45, 7) is 3.26. The first kappa shape index (κ1) is 19.4. The topological polar surface area (TPSA) is 47.6 Å². The summed E-state index contributed by atoms with van der Waals surface area (Å²) < 4.78 is 10.6. The number of hydrogen-bond donors (Lipinski definition) is 1. The minimum Gasteiger partial charge on any atom is -0.454 e. The highest BCUT2D eigenvalue weighted by molar-refractivity contribution is 5.91. The molecule has 25 heavy (non-hydrogen) atoms. The molecule has 1 aliphatic rings. The second-order valence-corrected chi connectivity index (χ2v) is 6.57. The molecule has 0 saturated heterocycles. The van der Waals surface area contributed by atoms with E-state index in [0.29, 0.717) is 0 Å². The molecule has 1 N–H and O–H groups in total. The van der Waals surface area contributed by atoms with Gasteiger partial charge in [0, 0.05) is 12.6 Å². The molecule has 0 radical (unpaired) electrons. The number of amides is 1. The summed E-state index contributed by atoms with van der Waals surface area (Å²) in [4.78, 5) is 11.8. The molecule has 4 heteroatoms. The third kappa shape index (κ3) is 7.63. The first-order valence-electron chi connectivity index (χ1n) is 9.65. The number of fused-ring (bicyclic) bond motifs is 1. The van der Waals surface area contributed by atoms with Gasteiger partial charge in [-0.15, -0.1) is 0 Å². The molecule has 0 atom stereocenters. The summed E-state index contributed by atoms with van der Waals surface area (Å²) in [5, 5.41) is 2.94. The van der Waals surface area contributed by atoms with Crippen molar-refractivity contribution >= 4 is 12.0 Å². The highest BCUT2D eigenvalue weighted by atomic mass is 16.7. The van der Waals surface area contributed by atoms with E-state index in [1.807, 2.05) is 18.2 Å². The molecule has 0 bridgehead atoms. The van der Waals surface area contributed by atoms with E-state index in [1.54, 1.807) is 12.2 Å². The Balaban J connectivity index is 1.51. The van der Waals surface area contributed by atoms with E-state index in [1.165, 1.54) is 51.4 Å². The van der Waals surface area contributed by atoms with Gasteiger partial charge in [0.15, 0.2) is 11.5 Å². The standard InChI is InChI=1S/C21H31NO3/c1-2-3-4-5-6-7-8-9-10-15-22-21(23)14-12-18-11-13-19-20(16-18)25-17-24-19/h11-14,16H,2-10,15,17H2,1H3,(H,22,23)/b14-12+. The van der Waals surface area contributed by atoms with Crippen molar-refractivity contribution in [3.63, 3.8) is 0 Å². The summed E-state index contributed by atoms with van der Waals surface area (Å²) in [7, 11) is 0. The molecule has 138 valence electrons. The van der Waals surface area contributed by atoms with Crippen molar-refractivity contribution in [3.05, 3.63) is 29.8 Å². The molecule has 0 saturated carbocycles. The molecule has 1 amide bonds. The highest BCUT2D eigenvalue weighted by Gasteiger charge is 2.12. The predicted molar refractivity (Wildman–Crippen MR) is 102 cm³/mol. The molecule has 4 nitrogen and oxygen atoms in total. The third-order valence-electron chi connectivity index (χ3n) is 4.40. The summed E-state index contributed by atoms with van der Waals surface area (Å²) in [5.74, 6) is 1.45. The number of carbonyl (C=O) groups excluding carboxylic acids is 1. The molecule has 0 unspecified atom stereocenters. The lowest BCUT2D eigenvalue weighted by Gasteiger charge is -2.03. The Bertz CT molecular complexity index is 554. The Morgan fingerprint density at radius 2 is 1.68 bits per heavy atom. The van der Waals surface area contributed by atoms with Crippen LogP contribution < -0.4 is 14.8 Å². The maximum absolute atomic E-state index is 11.8. The first-order chi connectivity index (χ1) is 12.3. The predicted octanol–water partition coefficient (Wildman–Crippen LogP) is 5.08. The normalized spacial score (nSPS) is 12.7. The molecule has 0 aromatic heterocycles. The van der Waals surface area contributed by atoms with Crippen molar-refractivity contribution in [1.29, 1.82) is 0 Å². The van der Waals surface area contributed by atoms with Gasteiger partial charge in [-0.1, -0.05) is 64.4 Å². The fourth-order valence-electron chi connectivity index (χ4n) is 2.89. The number of nitrogens with one attached hydrogen (secondary N) is 1. The maximum Gasteiger partial charge on any atom is 0.243 e. The van der Waals surface area contributed by atoms with Crippen molar-refractivity contribution < 1.29 is 14.3 Å². The Morgan fingerprint density at radius 1 is 1.00 bits per heavy atom. The maximum atomic E-state index is 11.8. The molecule has 0 aliphatic carbocycles. The quantitative estimate of drug-likeness (QED) is 0.425. The summed E-state index contributed by atoms with van der Waals surface area (Å²) in [6, 6.07) is 5.66. The number of rotatable bonds is 12. The second-order valence-electron chi connectivity index (χ2n) is 6.57. The number of hydrogen-bond acceptors (Lipinski definition) is 3. The Hall–Kier alpha value is -1.97. The SMILES string of the molecule is CCCCCCCCCCCNC(=O)/C=C/c1ccc2c(c1)OCO2. The lowest BCUT2D eigenvalue weighted by Crippen LogP contribution is -2.21. The van der Waals surface area contributed by atoms with Gasteiger partial charge in [0.25, 0.3) is 0 Å². The van der Waals surface area contributed by atoms with Crippen molar-refractivity contribution in [2.45, 2.75) is 64.7 Å². The zero-order valence-corrected chi connectivity index (χ0v) is 15.4. The molecule has 1 aromatic rings. The summed E-state index contributed by atoms with van der Waals surface area (Å²) >= 11 is 0. The van der Waals surface area contributed by atoms with Crippen molar-refractivity contribution in [2.24, 2.45) is 0 Å². The number of unbranched alkanes of at least 4 members (excludes halogenated alkanes) is 8. The van der Waals surface area contributed by atoms with Crippen LogP contribution in [0, 0.1) is 0 Å². The van der Waals surface area contributed by atoms with E-state index in [0.717, 1.165) is 30.0 Å². The minimum absolute atomic E-state index is 0.0442. The van der Waals surface area contributed by atoms with E-state index in [4.69, 9.17) is 9.47 Å². The van der Waals surface area contributed by atoms with E-state index in [2.05, 4.69) is 12.2 Å². The fourth-order valence-corrected chi connectivity index (χ4v) is 2.89. The first-order valence-corrected chi connectivity index (χ1v) is 9.65. The van der Waals surface area contributed by atoms with Crippen molar-refractivity contribution in [2.75, 3.05) is 13.3 Å². The molecule has 2 rings (SSSR count). The van der Waals surface area contributed by atoms with Gasteiger partial charge in [0.1, 0.15) is 0 Å². The number of ether oxygens (including phenoxy) is 2. The van der Waals surface area contributed by atoms with Gasteiger partial charge in [-0.2, -0.15) is 0 Å². The van der Waals surface area contributed by atoms with E-state index in [9.17, 15) is 4.79 Å². The Kier molecular flexibility index (Phi) is 8.95. The molecule has 0 fully saturated rings. The molecule has 1 aliphatic heterocycles. The molecular formula is C21H31NO3. The van der Waals surface area contributed by atoms with E-state index in [-0.39, 0.29) is 12.7 Å². The van der Waals surface area contributed by atoms with E-state index >= 15 is 0 Å². The molecule has 1 aromatic carbocycles. The van der Waals surface area contributed by atoms with Crippen LogP contribution in [0.25, 0.3) is 6.08 Å². The summed E-state index contributed by atoms with van der Waals surface area (Å²) in [6.07, 6.45) is 15.0. The summed E-state index contributed by atoms with van der Waals surface area (Å²) in [5.41, 5.74) is 0.933. The van der Waals surface area contributed by atoms with Gasteiger partial charge >= 0.3 is 0 Å². The van der Waals surface area contributed by atoms with Gasteiger partial charge in [-0.05, 0) is 30.2 Å². The van der Waals surface area contributed by atoms with Gasteiger partial charge in [0.05, 0.1) is 0 Å². The highest BCUT2D eigenvalue weighted by Crippen LogP contribution is 2.32. The monoisotopic (exact) mass is 345 g/mol. The van der Waals surface area contributed by atoms with Crippen LogP contribution in [0.2, 0.25) is 0 Å². The lowest BCUT2D eigenvalue weighted by molar-refractivity contribution is -0.116. The van der Waals surface area contributed by atoms with Crippen LogP contribution in [0.1, 0.15) is 70.3 Å². The molecule has 0 spiro atoms. The van der Waals surface area contributed by atoms with Crippen molar-refractivity contribution in [3.8, 4) is 11.5 Å². The van der Waals surface area contributed by atoms with Crippen LogP contribution in [0.3, 0.4) is 0 Å². The fraction of sp³-hybridized carbons (Fsp3) is 0.571. The van der Waals surface area contributed by atoms with Crippen LogP contribution in [0.4, 0.5) is 0 Å². The third-order valence-corrected chi connectivity index (χ3v) is 4.40. The smallest absolute Gasteiger partial charge is 0.243 e. The van der Waals surface area contributed by atoms with Gasteiger partial charge < -0.3 is 14.8 Å². The van der Waals surface area contributed by atoms with Crippen molar-refractivity contribution in [1.82, 2.24) is 5.32 Å². The van der Waals surface area contributed by atoms with Crippen LogP contribution in [0.15, 0.2) is 24.3 Å². The molecule has 1 heterocycles.